The van der Waals surface area contributed by atoms with Gasteiger partial charge in [0.2, 0.25) is 0 Å². The number of aromatic nitrogens is 2. The van der Waals surface area contributed by atoms with E-state index in [1.54, 1.807) is 24.3 Å². The van der Waals surface area contributed by atoms with Crippen LogP contribution in [0.2, 0.25) is 0 Å². The number of phenols is 1. The molecule has 0 atom stereocenters. The SMILES string of the molecule is O=[N+]([O-])c1ccc(-c2cn3c(n2)sc2ccc(O)cc23)cc1. The lowest BCUT2D eigenvalue weighted by atomic mass is 10.1. The molecular formula is C15H9N3O3S. The summed E-state index contributed by atoms with van der Waals surface area (Å²) in [6.07, 6.45) is 1.87. The van der Waals surface area contributed by atoms with Crippen LogP contribution in [0.25, 0.3) is 26.4 Å². The van der Waals surface area contributed by atoms with Gasteiger partial charge in [-0.1, -0.05) is 11.3 Å². The van der Waals surface area contributed by atoms with E-state index in [1.165, 1.54) is 23.5 Å². The molecule has 0 saturated heterocycles. The standard InChI is InChI=1S/C15H9N3O3S/c19-11-5-6-14-13(7-11)17-8-12(16-15(17)22-14)9-1-3-10(4-2-9)18(20)21/h1-8,19H. The van der Waals surface area contributed by atoms with Crippen LogP contribution in [-0.2, 0) is 0 Å². The van der Waals surface area contributed by atoms with Gasteiger partial charge >= 0.3 is 0 Å². The van der Waals surface area contributed by atoms with Crippen LogP contribution >= 0.6 is 11.3 Å². The number of imidazole rings is 1. The van der Waals surface area contributed by atoms with Gasteiger partial charge in [-0.15, -0.1) is 0 Å². The summed E-state index contributed by atoms with van der Waals surface area (Å²) in [7, 11) is 0. The van der Waals surface area contributed by atoms with Crippen molar-refractivity contribution in [1.82, 2.24) is 9.38 Å². The summed E-state index contributed by atoms with van der Waals surface area (Å²) in [5.41, 5.74) is 2.50. The zero-order valence-electron chi connectivity index (χ0n) is 11.1. The molecule has 0 bridgehead atoms. The van der Waals surface area contributed by atoms with Gasteiger partial charge in [0, 0.05) is 30.0 Å². The molecule has 0 fully saturated rings. The first-order chi connectivity index (χ1) is 10.6. The smallest absolute Gasteiger partial charge is 0.269 e. The number of hydrogen-bond donors (Lipinski definition) is 1. The second kappa shape index (κ2) is 4.54. The molecular weight excluding hydrogens is 302 g/mol. The predicted molar refractivity (Wildman–Crippen MR) is 84.3 cm³/mol. The third-order valence-electron chi connectivity index (χ3n) is 3.45. The lowest BCUT2D eigenvalue weighted by Crippen LogP contribution is -1.87. The summed E-state index contributed by atoms with van der Waals surface area (Å²) in [6, 6.07) is 11.5. The molecule has 4 aromatic rings. The second-order valence-corrected chi connectivity index (χ2v) is 5.85. The van der Waals surface area contributed by atoms with E-state index in [-0.39, 0.29) is 11.4 Å². The van der Waals surface area contributed by atoms with Crippen LogP contribution in [0.4, 0.5) is 5.69 Å². The van der Waals surface area contributed by atoms with E-state index in [0.717, 1.165) is 26.4 Å². The molecule has 6 nitrogen and oxygen atoms in total. The number of nitro groups is 1. The van der Waals surface area contributed by atoms with Crippen LogP contribution in [0.1, 0.15) is 0 Å². The van der Waals surface area contributed by atoms with E-state index in [2.05, 4.69) is 4.98 Å². The summed E-state index contributed by atoms with van der Waals surface area (Å²) in [6.45, 7) is 0. The fourth-order valence-corrected chi connectivity index (χ4v) is 3.37. The number of fused-ring (bicyclic) bond motifs is 3. The van der Waals surface area contributed by atoms with Gasteiger partial charge in [0.25, 0.3) is 5.69 Å². The van der Waals surface area contributed by atoms with Crippen molar-refractivity contribution < 1.29 is 10.0 Å². The summed E-state index contributed by atoms with van der Waals surface area (Å²) >= 11 is 1.53. The van der Waals surface area contributed by atoms with Gasteiger partial charge in [0.1, 0.15) is 5.75 Å². The topological polar surface area (TPSA) is 80.7 Å². The highest BCUT2D eigenvalue weighted by atomic mass is 32.1. The molecule has 0 spiro atoms. The number of rotatable bonds is 2. The highest BCUT2D eigenvalue weighted by molar-refractivity contribution is 7.23. The largest absolute Gasteiger partial charge is 0.508 e. The second-order valence-electron chi connectivity index (χ2n) is 4.84. The van der Waals surface area contributed by atoms with Gasteiger partial charge in [-0.3, -0.25) is 14.5 Å². The maximum absolute atomic E-state index is 10.7. The number of hydrogen-bond acceptors (Lipinski definition) is 5. The van der Waals surface area contributed by atoms with Crippen molar-refractivity contribution in [1.29, 1.82) is 0 Å². The van der Waals surface area contributed by atoms with Crippen LogP contribution in [0.15, 0.2) is 48.7 Å². The summed E-state index contributed by atoms with van der Waals surface area (Å²) < 4.78 is 2.95. The lowest BCUT2D eigenvalue weighted by Gasteiger charge is -1.96. The molecule has 7 heteroatoms. The fraction of sp³-hybridized carbons (Fsp3) is 0. The zero-order valence-corrected chi connectivity index (χ0v) is 11.9. The molecule has 0 aliphatic heterocycles. The highest BCUT2D eigenvalue weighted by Gasteiger charge is 2.12. The number of thiazole rings is 1. The Morgan fingerprint density at radius 3 is 2.68 bits per heavy atom. The van der Waals surface area contributed by atoms with Crippen molar-refractivity contribution in [3.63, 3.8) is 0 Å². The summed E-state index contributed by atoms with van der Waals surface area (Å²) in [5.74, 6) is 0.206. The third kappa shape index (κ3) is 1.91. The molecule has 0 aliphatic carbocycles. The predicted octanol–water partition coefficient (Wildman–Crippen LogP) is 3.83. The van der Waals surface area contributed by atoms with E-state index in [1.807, 2.05) is 16.7 Å². The zero-order chi connectivity index (χ0) is 15.3. The molecule has 0 saturated carbocycles. The molecule has 108 valence electrons. The first-order valence-electron chi connectivity index (χ1n) is 6.47. The molecule has 2 aromatic carbocycles. The molecule has 4 rings (SSSR count). The van der Waals surface area contributed by atoms with Crippen molar-refractivity contribution >= 4 is 32.2 Å². The van der Waals surface area contributed by atoms with Gasteiger partial charge in [-0.05, 0) is 24.3 Å². The van der Waals surface area contributed by atoms with E-state index in [9.17, 15) is 15.2 Å². The van der Waals surface area contributed by atoms with Crippen LogP contribution in [0.5, 0.6) is 5.75 Å². The minimum Gasteiger partial charge on any atom is -0.508 e. The molecule has 2 heterocycles. The highest BCUT2D eigenvalue weighted by Crippen LogP contribution is 2.31. The van der Waals surface area contributed by atoms with Gasteiger partial charge in [-0.25, -0.2) is 4.98 Å². The van der Waals surface area contributed by atoms with Crippen LogP contribution < -0.4 is 0 Å². The average Bonchev–Trinajstić information content (AvgIpc) is 3.05. The number of aromatic hydroxyl groups is 1. The lowest BCUT2D eigenvalue weighted by molar-refractivity contribution is -0.384. The Labute approximate surface area is 128 Å². The Morgan fingerprint density at radius 2 is 1.95 bits per heavy atom. The average molecular weight is 311 g/mol. The molecule has 0 radical (unpaired) electrons. The summed E-state index contributed by atoms with van der Waals surface area (Å²) in [5, 5.41) is 20.3. The van der Waals surface area contributed by atoms with Crippen LogP contribution in [-0.4, -0.2) is 19.4 Å². The Bertz CT molecular complexity index is 1020. The number of non-ortho nitro benzene ring substituents is 1. The normalized spacial score (nSPS) is 11.3. The third-order valence-corrected chi connectivity index (χ3v) is 4.49. The Morgan fingerprint density at radius 1 is 1.18 bits per heavy atom. The van der Waals surface area contributed by atoms with Crippen molar-refractivity contribution in [2.45, 2.75) is 0 Å². The van der Waals surface area contributed by atoms with Crippen molar-refractivity contribution in [3.05, 3.63) is 58.8 Å². The van der Waals surface area contributed by atoms with Crippen molar-refractivity contribution in [3.8, 4) is 17.0 Å². The monoisotopic (exact) mass is 311 g/mol. The number of phenolic OH excluding ortho intramolecular Hbond substituents is 1. The van der Waals surface area contributed by atoms with Crippen molar-refractivity contribution in [2.75, 3.05) is 0 Å². The van der Waals surface area contributed by atoms with E-state index >= 15 is 0 Å². The summed E-state index contributed by atoms with van der Waals surface area (Å²) in [4.78, 5) is 15.6. The van der Waals surface area contributed by atoms with E-state index < -0.39 is 4.92 Å². The maximum atomic E-state index is 10.7. The van der Waals surface area contributed by atoms with Gasteiger partial charge < -0.3 is 5.11 Å². The Kier molecular flexibility index (Phi) is 2.64. The van der Waals surface area contributed by atoms with Gasteiger partial charge in [0.05, 0.1) is 20.8 Å². The molecule has 0 aliphatic rings. The minimum absolute atomic E-state index is 0.0557. The number of nitrogens with zero attached hydrogens (tertiary/aromatic N) is 3. The van der Waals surface area contributed by atoms with Crippen LogP contribution in [0, 0.1) is 10.1 Å². The molecule has 0 unspecified atom stereocenters. The minimum atomic E-state index is -0.425. The molecule has 1 N–H and O–H groups in total. The molecule has 0 amide bonds. The first-order valence-corrected chi connectivity index (χ1v) is 7.29. The first kappa shape index (κ1) is 12.8. The van der Waals surface area contributed by atoms with Crippen molar-refractivity contribution in [2.24, 2.45) is 0 Å². The molecule has 22 heavy (non-hydrogen) atoms. The molecule has 2 aromatic heterocycles. The van der Waals surface area contributed by atoms with Gasteiger partial charge in [0.15, 0.2) is 4.96 Å². The van der Waals surface area contributed by atoms with E-state index in [0.29, 0.717) is 0 Å². The quantitative estimate of drug-likeness (QED) is 0.450. The fourth-order valence-electron chi connectivity index (χ4n) is 2.38. The van der Waals surface area contributed by atoms with Crippen LogP contribution in [0.3, 0.4) is 0 Å². The van der Waals surface area contributed by atoms with E-state index in [4.69, 9.17) is 0 Å². The number of nitro benzene ring substituents is 1. The Balaban J connectivity index is 1.85. The number of benzene rings is 2. The maximum Gasteiger partial charge on any atom is 0.269 e. The van der Waals surface area contributed by atoms with Gasteiger partial charge in [-0.2, -0.15) is 0 Å². The Hall–Kier alpha value is -2.93.